The van der Waals surface area contributed by atoms with E-state index in [1.807, 2.05) is 6.92 Å². The van der Waals surface area contributed by atoms with Gasteiger partial charge in [-0.3, -0.25) is 0 Å². The van der Waals surface area contributed by atoms with Crippen LogP contribution in [0.3, 0.4) is 0 Å². The van der Waals surface area contributed by atoms with E-state index in [2.05, 4.69) is 40.7 Å². The Morgan fingerprint density at radius 3 is 2.42 bits per heavy atom. The van der Waals surface area contributed by atoms with Gasteiger partial charge in [-0.1, -0.05) is 72.0 Å². The summed E-state index contributed by atoms with van der Waals surface area (Å²) in [6.07, 6.45) is 20.7. The maximum absolute atomic E-state index is 6.32. The molecule has 4 aliphatic carbocycles. The molecule has 0 bridgehead atoms. The summed E-state index contributed by atoms with van der Waals surface area (Å²) in [6, 6.07) is 0. The van der Waals surface area contributed by atoms with Crippen molar-refractivity contribution in [1.82, 2.24) is 0 Å². The lowest BCUT2D eigenvalue weighted by Crippen LogP contribution is -2.51. The van der Waals surface area contributed by atoms with Crippen LogP contribution in [0.4, 0.5) is 0 Å². The zero-order valence-corrected chi connectivity index (χ0v) is 26.1. The van der Waals surface area contributed by atoms with Crippen molar-refractivity contribution in [3.8, 4) is 0 Å². The minimum atomic E-state index is 0.388. The van der Waals surface area contributed by atoms with Crippen LogP contribution in [0.2, 0.25) is 0 Å². The highest BCUT2D eigenvalue weighted by molar-refractivity contribution is 5.25. The molecule has 4 rings (SSSR count). The van der Waals surface area contributed by atoms with E-state index >= 15 is 0 Å². The molecule has 0 aromatic carbocycles. The normalized spacial score (nSPS) is 37.4. The van der Waals surface area contributed by atoms with Crippen molar-refractivity contribution in [3.63, 3.8) is 0 Å². The van der Waals surface area contributed by atoms with E-state index in [9.17, 15) is 0 Å². The van der Waals surface area contributed by atoms with Gasteiger partial charge in [0.15, 0.2) is 0 Å². The van der Waals surface area contributed by atoms with Gasteiger partial charge in [0.05, 0.1) is 19.3 Å². The Morgan fingerprint density at radius 1 is 0.842 bits per heavy atom. The van der Waals surface area contributed by atoms with Gasteiger partial charge < -0.3 is 14.2 Å². The summed E-state index contributed by atoms with van der Waals surface area (Å²) in [6.45, 7) is 18.6. The van der Waals surface area contributed by atoms with E-state index in [-0.39, 0.29) is 0 Å². The predicted octanol–water partition coefficient (Wildman–Crippen LogP) is 9.25. The Balaban J connectivity index is 1.27. The van der Waals surface area contributed by atoms with Gasteiger partial charge in [0.25, 0.3) is 0 Å². The number of fused-ring (bicyclic) bond motifs is 5. The summed E-state index contributed by atoms with van der Waals surface area (Å²) in [4.78, 5) is 0. The van der Waals surface area contributed by atoms with E-state index in [0.29, 0.717) is 23.5 Å². The van der Waals surface area contributed by atoms with Crippen molar-refractivity contribution < 1.29 is 14.2 Å². The molecule has 0 spiro atoms. The topological polar surface area (TPSA) is 27.7 Å². The largest absolute Gasteiger partial charge is 0.382 e. The highest BCUT2D eigenvalue weighted by Gasteiger charge is 2.59. The maximum atomic E-state index is 6.32. The second kappa shape index (κ2) is 14.0. The molecular weight excluding hydrogens is 468 g/mol. The molecule has 3 heteroatoms. The molecule has 4 aliphatic rings. The molecule has 3 nitrogen and oxygen atoms in total. The Labute approximate surface area is 236 Å². The first-order valence-electron chi connectivity index (χ1n) is 16.8. The fraction of sp³-hybridized carbons (Fsp3) is 0.943. The smallest absolute Gasteiger partial charge is 0.0704 e. The van der Waals surface area contributed by atoms with Crippen molar-refractivity contribution in [2.75, 3.05) is 33.0 Å². The Hall–Kier alpha value is -0.380. The molecule has 0 amide bonds. The molecule has 220 valence electrons. The van der Waals surface area contributed by atoms with Crippen molar-refractivity contribution in [1.29, 1.82) is 0 Å². The fourth-order valence-corrected chi connectivity index (χ4v) is 9.75. The molecular formula is C35H62O3. The molecule has 0 aromatic rings. The first-order valence-corrected chi connectivity index (χ1v) is 16.8. The fourth-order valence-electron chi connectivity index (χ4n) is 9.75. The molecule has 3 saturated carbocycles. The zero-order valence-electron chi connectivity index (χ0n) is 26.1. The molecule has 0 heterocycles. The molecule has 0 N–H and O–H groups in total. The van der Waals surface area contributed by atoms with Crippen LogP contribution in [0.25, 0.3) is 0 Å². The second-order valence-electron chi connectivity index (χ2n) is 14.5. The van der Waals surface area contributed by atoms with Crippen LogP contribution in [-0.4, -0.2) is 39.1 Å². The Morgan fingerprint density at radius 2 is 1.63 bits per heavy atom. The van der Waals surface area contributed by atoms with E-state index in [1.54, 1.807) is 5.57 Å². The third kappa shape index (κ3) is 6.91. The molecule has 3 fully saturated rings. The molecule has 0 aliphatic heterocycles. The average molecular weight is 531 g/mol. The zero-order chi connectivity index (χ0) is 27.2. The van der Waals surface area contributed by atoms with Crippen molar-refractivity contribution >= 4 is 0 Å². The molecule has 0 aromatic heterocycles. The number of hydrogen-bond donors (Lipinski definition) is 0. The molecule has 7 unspecified atom stereocenters. The van der Waals surface area contributed by atoms with Crippen LogP contribution in [-0.2, 0) is 14.2 Å². The van der Waals surface area contributed by atoms with Gasteiger partial charge in [0.1, 0.15) is 0 Å². The predicted molar refractivity (Wildman–Crippen MR) is 159 cm³/mol. The highest BCUT2D eigenvalue weighted by Crippen LogP contribution is 2.67. The van der Waals surface area contributed by atoms with Gasteiger partial charge in [0.2, 0.25) is 0 Å². The summed E-state index contributed by atoms with van der Waals surface area (Å²) in [7, 11) is 0. The van der Waals surface area contributed by atoms with E-state index < -0.39 is 0 Å². The number of unbranched alkanes of at least 4 members (excludes halogenated alkanes) is 1. The van der Waals surface area contributed by atoms with Gasteiger partial charge in [-0.2, -0.15) is 0 Å². The van der Waals surface area contributed by atoms with Crippen LogP contribution in [0.1, 0.15) is 125 Å². The van der Waals surface area contributed by atoms with Crippen LogP contribution >= 0.6 is 0 Å². The van der Waals surface area contributed by atoms with E-state index in [0.717, 1.165) is 74.8 Å². The van der Waals surface area contributed by atoms with Gasteiger partial charge in [0, 0.05) is 19.8 Å². The monoisotopic (exact) mass is 530 g/mol. The lowest BCUT2D eigenvalue weighted by Gasteiger charge is -2.58. The van der Waals surface area contributed by atoms with Crippen molar-refractivity contribution in [2.24, 2.45) is 46.3 Å². The number of rotatable bonds is 15. The Kier molecular flexibility index (Phi) is 11.3. The number of allylic oxidation sites excluding steroid dienone is 1. The minimum absolute atomic E-state index is 0.388. The van der Waals surface area contributed by atoms with E-state index in [1.165, 1.54) is 70.6 Å². The maximum Gasteiger partial charge on any atom is 0.0704 e. The van der Waals surface area contributed by atoms with Crippen molar-refractivity contribution in [2.45, 2.75) is 131 Å². The lowest BCUT2D eigenvalue weighted by atomic mass is 9.47. The summed E-state index contributed by atoms with van der Waals surface area (Å²) < 4.78 is 17.5. The van der Waals surface area contributed by atoms with Gasteiger partial charge >= 0.3 is 0 Å². The van der Waals surface area contributed by atoms with Gasteiger partial charge in [-0.15, -0.1) is 0 Å². The Bertz CT molecular complexity index is 745. The minimum Gasteiger partial charge on any atom is -0.382 e. The third-order valence-corrected chi connectivity index (χ3v) is 11.9. The van der Waals surface area contributed by atoms with Crippen LogP contribution in [0, 0.1) is 46.3 Å². The summed E-state index contributed by atoms with van der Waals surface area (Å²) in [5, 5.41) is 0. The first-order chi connectivity index (χ1) is 18.3. The number of ether oxygens (including phenoxy) is 3. The SMILES string of the molecule is CCOCCCOCCO[C@H]1CCC2(C)C(=CCC3C2CCC2(C)C(C(C)CCCCC(C)C)CCC32)C1. The van der Waals surface area contributed by atoms with Gasteiger partial charge in [-0.05, 0) is 111 Å². The second-order valence-corrected chi connectivity index (χ2v) is 14.5. The average Bonchev–Trinajstić information content (AvgIpc) is 3.25. The molecule has 8 atom stereocenters. The van der Waals surface area contributed by atoms with Crippen LogP contribution in [0.5, 0.6) is 0 Å². The quantitative estimate of drug-likeness (QED) is 0.156. The first kappa shape index (κ1) is 30.6. The van der Waals surface area contributed by atoms with Crippen LogP contribution in [0.15, 0.2) is 11.6 Å². The van der Waals surface area contributed by atoms with Crippen molar-refractivity contribution in [3.05, 3.63) is 11.6 Å². The third-order valence-electron chi connectivity index (χ3n) is 11.9. The lowest BCUT2D eigenvalue weighted by molar-refractivity contribution is -0.0680. The highest BCUT2D eigenvalue weighted by atomic mass is 16.5. The number of hydrogen-bond acceptors (Lipinski definition) is 3. The summed E-state index contributed by atoms with van der Waals surface area (Å²) in [5.41, 5.74) is 2.74. The van der Waals surface area contributed by atoms with Gasteiger partial charge in [-0.25, -0.2) is 0 Å². The van der Waals surface area contributed by atoms with E-state index in [4.69, 9.17) is 14.2 Å². The summed E-state index contributed by atoms with van der Waals surface area (Å²) in [5.74, 6) is 5.49. The standard InChI is InChI=1S/C35H62O3/c1-7-36-21-10-22-37-23-24-38-29-17-19-34(5)28(25-29)13-14-30-32-16-15-31(35(32,6)20-18-33(30)34)27(4)12-9-8-11-26(2)3/h13,26-27,29-33H,7-12,14-25H2,1-6H3/t27?,29-,30?,31?,32?,33?,34?,35?/m0/s1. The molecule has 0 radical (unpaired) electrons. The summed E-state index contributed by atoms with van der Waals surface area (Å²) >= 11 is 0. The van der Waals surface area contributed by atoms with Crippen LogP contribution < -0.4 is 0 Å². The molecule has 0 saturated heterocycles. The molecule has 38 heavy (non-hydrogen) atoms.